The van der Waals surface area contributed by atoms with Crippen LogP contribution in [0.1, 0.15) is 5.56 Å². The predicted molar refractivity (Wildman–Crippen MR) is 96.7 cm³/mol. The molecule has 0 spiro atoms. The third-order valence-corrected chi connectivity index (χ3v) is 4.12. The number of amides is 2. The fraction of sp³-hybridized carbons (Fsp3) is 0.133. The molecule has 0 atom stereocenters. The summed E-state index contributed by atoms with van der Waals surface area (Å²) in [6.45, 7) is -0.0430. The molecule has 2 amide bonds. The molecule has 0 unspecified atom stereocenters. The van der Waals surface area contributed by atoms with Gasteiger partial charge < -0.3 is 15.7 Å². The van der Waals surface area contributed by atoms with Crippen molar-refractivity contribution in [2.24, 2.45) is 0 Å². The maximum atomic E-state index is 12.1. The summed E-state index contributed by atoms with van der Waals surface area (Å²) >= 11 is 12.8. The maximum absolute atomic E-state index is 12.1. The van der Waals surface area contributed by atoms with Crippen LogP contribution in [0.4, 0.5) is 16.2 Å². The topological polar surface area (TPSA) is 61.4 Å². The van der Waals surface area contributed by atoms with Gasteiger partial charge in [0.05, 0.1) is 0 Å². The zero-order valence-corrected chi connectivity index (χ0v) is 15.3. The van der Waals surface area contributed by atoms with Crippen LogP contribution in [0.2, 0.25) is 5.02 Å². The molecule has 0 saturated carbocycles. The van der Waals surface area contributed by atoms with Gasteiger partial charge in [-0.15, -0.1) is 0 Å². The number of benzene rings is 2. The van der Waals surface area contributed by atoms with E-state index in [4.69, 9.17) is 16.7 Å². The molecule has 0 saturated heterocycles. The maximum Gasteiger partial charge on any atom is 0.323 e. The lowest BCUT2D eigenvalue weighted by molar-refractivity contribution is 0.262. The average molecular weight is 449 g/mol. The summed E-state index contributed by atoms with van der Waals surface area (Å²) in [6.07, 6.45) is 0.373. The summed E-state index contributed by atoms with van der Waals surface area (Å²) < 4.78 is 1.70. The largest absolute Gasteiger partial charge is 0.396 e. The van der Waals surface area contributed by atoms with Gasteiger partial charge in [-0.2, -0.15) is 0 Å². The van der Waals surface area contributed by atoms with Crippen LogP contribution in [0, 0.1) is 0 Å². The van der Waals surface area contributed by atoms with Crippen LogP contribution in [-0.4, -0.2) is 17.7 Å². The van der Waals surface area contributed by atoms with E-state index >= 15 is 0 Å². The number of halogens is 3. The summed E-state index contributed by atoms with van der Waals surface area (Å²) in [4.78, 5) is 12.1. The van der Waals surface area contributed by atoms with Gasteiger partial charge >= 0.3 is 6.03 Å². The molecule has 2 rings (SSSR count). The van der Waals surface area contributed by atoms with Crippen molar-refractivity contribution in [3.8, 4) is 0 Å². The lowest BCUT2D eigenvalue weighted by Crippen LogP contribution is -2.20. The smallest absolute Gasteiger partial charge is 0.323 e. The first-order chi connectivity index (χ1) is 10.5. The molecule has 0 aliphatic rings. The zero-order chi connectivity index (χ0) is 16.1. The molecule has 0 radical (unpaired) electrons. The van der Waals surface area contributed by atoms with E-state index in [1.54, 1.807) is 30.3 Å². The van der Waals surface area contributed by atoms with Crippen LogP contribution in [0.25, 0.3) is 0 Å². The normalized spacial score (nSPS) is 10.4. The van der Waals surface area contributed by atoms with Gasteiger partial charge in [0.25, 0.3) is 0 Å². The first kappa shape index (κ1) is 17.3. The van der Waals surface area contributed by atoms with Crippen molar-refractivity contribution in [1.29, 1.82) is 0 Å². The highest BCUT2D eigenvalue weighted by Gasteiger charge is 2.10. The standard InChI is InChI=1S/C15H13Br2ClN2O2/c16-9-6-10(17)8-11(7-9)19-15(22)20-14-3-1-2-13(18)12(14)4-5-21/h1-3,6-8,21H,4-5H2,(H2,19,20,22). The van der Waals surface area contributed by atoms with E-state index in [0.29, 0.717) is 28.4 Å². The van der Waals surface area contributed by atoms with Gasteiger partial charge in [-0.05, 0) is 42.3 Å². The summed E-state index contributed by atoms with van der Waals surface area (Å²) in [7, 11) is 0. The second-order valence-corrected chi connectivity index (χ2v) is 6.72. The molecule has 0 aliphatic heterocycles. The third kappa shape index (κ3) is 4.71. The van der Waals surface area contributed by atoms with Crippen molar-refractivity contribution in [2.75, 3.05) is 17.2 Å². The Kier molecular flexibility index (Phi) is 6.26. The fourth-order valence-corrected chi connectivity index (χ4v) is 3.52. The summed E-state index contributed by atoms with van der Waals surface area (Å²) in [5, 5.41) is 15.1. The number of aliphatic hydroxyl groups excluding tert-OH is 1. The number of urea groups is 1. The van der Waals surface area contributed by atoms with Gasteiger partial charge in [0.2, 0.25) is 0 Å². The fourth-order valence-electron chi connectivity index (χ4n) is 1.95. The van der Waals surface area contributed by atoms with Crippen molar-refractivity contribution in [1.82, 2.24) is 0 Å². The lowest BCUT2D eigenvalue weighted by atomic mass is 10.1. The van der Waals surface area contributed by atoms with E-state index in [1.165, 1.54) is 0 Å². The Labute approximate surface area is 150 Å². The van der Waals surface area contributed by atoms with E-state index in [0.717, 1.165) is 8.95 Å². The minimum Gasteiger partial charge on any atom is -0.396 e. The van der Waals surface area contributed by atoms with Gasteiger partial charge in [0, 0.05) is 31.9 Å². The van der Waals surface area contributed by atoms with Crippen LogP contribution in [0.5, 0.6) is 0 Å². The first-order valence-corrected chi connectivity index (χ1v) is 8.38. The van der Waals surface area contributed by atoms with Crippen LogP contribution >= 0.6 is 43.5 Å². The quantitative estimate of drug-likeness (QED) is 0.613. The first-order valence-electron chi connectivity index (χ1n) is 6.42. The molecular formula is C15H13Br2ClN2O2. The Morgan fingerprint density at radius 1 is 1.14 bits per heavy atom. The predicted octanol–water partition coefficient (Wildman–Crippen LogP) is 5.04. The van der Waals surface area contributed by atoms with Crippen LogP contribution in [0.15, 0.2) is 45.3 Å². The molecule has 0 bridgehead atoms. The highest BCUT2D eigenvalue weighted by molar-refractivity contribution is 9.11. The summed E-state index contributed by atoms with van der Waals surface area (Å²) in [5.41, 5.74) is 1.93. The number of hydrogen-bond acceptors (Lipinski definition) is 2. The molecule has 2 aromatic carbocycles. The Morgan fingerprint density at radius 2 is 1.82 bits per heavy atom. The Morgan fingerprint density at radius 3 is 2.45 bits per heavy atom. The molecule has 0 heterocycles. The van der Waals surface area contributed by atoms with Crippen LogP contribution in [0.3, 0.4) is 0 Å². The number of carbonyl (C=O) groups is 1. The van der Waals surface area contributed by atoms with Gasteiger partial charge in [-0.1, -0.05) is 49.5 Å². The number of carbonyl (C=O) groups excluding carboxylic acids is 1. The minimum absolute atomic E-state index is 0.0430. The third-order valence-electron chi connectivity index (χ3n) is 2.85. The number of nitrogens with one attached hydrogen (secondary N) is 2. The van der Waals surface area contributed by atoms with Crippen molar-refractivity contribution in [2.45, 2.75) is 6.42 Å². The van der Waals surface area contributed by atoms with Crippen LogP contribution < -0.4 is 10.6 Å². The number of anilines is 2. The van der Waals surface area contributed by atoms with E-state index < -0.39 is 0 Å². The van der Waals surface area contributed by atoms with Crippen LogP contribution in [-0.2, 0) is 6.42 Å². The van der Waals surface area contributed by atoms with E-state index in [9.17, 15) is 4.79 Å². The molecule has 0 aliphatic carbocycles. The van der Waals surface area contributed by atoms with Crippen molar-refractivity contribution in [3.63, 3.8) is 0 Å². The molecule has 7 heteroatoms. The second-order valence-electron chi connectivity index (χ2n) is 4.48. The van der Waals surface area contributed by atoms with Gasteiger partial charge in [-0.25, -0.2) is 4.79 Å². The zero-order valence-electron chi connectivity index (χ0n) is 11.4. The molecule has 0 fully saturated rings. The monoisotopic (exact) mass is 446 g/mol. The molecule has 3 N–H and O–H groups in total. The minimum atomic E-state index is -0.383. The van der Waals surface area contributed by atoms with E-state index in [2.05, 4.69) is 42.5 Å². The summed E-state index contributed by atoms with van der Waals surface area (Å²) in [6, 6.07) is 10.3. The average Bonchev–Trinajstić information content (AvgIpc) is 2.41. The Balaban J connectivity index is 2.14. The van der Waals surface area contributed by atoms with Crippen molar-refractivity contribution >= 4 is 60.9 Å². The highest BCUT2D eigenvalue weighted by atomic mass is 79.9. The lowest BCUT2D eigenvalue weighted by Gasteiger charge is -2.13. The molecule has 22 heavy (non-hydrogen) atoms. The molecular weight excluding hydrogens is 435 g/mol. The Hall–Kier alpha value is -1.08. The molecule has 4 nitrogen and oxygen atoms in total. The van der Waals surface area contributed by atoms with Gasteiger partial charge in [0.15, 0.2) is 0 Å². The molecule has 2 aromatic rings. The van der Waals surface area contributed by atoms with Gasteiger partial charge in [0.1, 0.15) is 0 Å². The van der Waals surface area contributed by atoms with Crippen molar-refractivity contribution < 1.29 is 9.90 Å². The number of hydrogen-bond donors (Lipinski definition) is 3. The van der Waals surface area contributed by atoms with Gasteiger partial charge in [-0.3, -0.25) is 0 Å². The van der Waals surface area contributed by atoms with E-state index in [1.807, 2.05) is 6.07 Å². The molecule has 0 aromatic heterocycles. The highest BCUT2D eigenvalue weighted by Crippen LogP contribution is 2.26. The van der Waals surface area contributed by atoms with E-state index in [-0.39, 0.29) is 12.6 Å². The summed E-state index contributed by atoms with van der Waals surface area (Å²) in [5.74, 6) is 0. The van der Waals surface area contributed by atoms with Crippen molar-refractivity contribution in [3.05, 3.63) is 55.9 Å². The SMILES string of the molecule is O=C(Nc1cc(Br)cc(Br)c1)Nc1cccc(Cl)c1CCO. The number of aliphatic hydroxyl groups is 1. The molecule has 116 valence electrons. The number of rotatable bonds is 4. The Bertz CT molecular complexity index is 675. The second kappa shape index (κ2) is 7.97.